The van der Waals surface area contributed by atoms with E-state index in [4.69, 9.17) is 17.7 Å². The fraction of sp³-hybridized carbons (Fsp3) is 0.143. The van der Waals surface area contributed by atoms with E-state index in [1.165, 1.54) is 106 Å². The molecule has 340 valence electrons. The number of fused-ring (bicyclic) bond motifs is 28. The molecule has 0 spiro atoms. The van der Waals surface area contributed by atoms with Crippen LogP contribution in [0.1, 0.15) is 20.9 Å². The molecule has 14 aromatic heterocycles. The molecule has 0 radical (unpaired) electrons. The number of nitrogens with zero attached hydrogens (tertiary/aromatic N) is 4. The molecule has 8 nitrogen and oxygen atoms in total. The van der Waals surface area contributed by atoms with Gasteiger partial charge in [0.25, 0.3) is 0 Å². The lowest BCUT2D eigenvalue weighted by Gasteiger charge is -1.99. The van der Waals surface area contributed by atoms with Gasteiger partial charge in [0.2, 0.25) is 0 Å². The number of thiophene rings is 6. The zero-order valence-electron chi connectivity index (χ0n) is 38.8. The second-order valence-electron chi connectivity index (χ2n) is 19.3. The van der Waals surface area contributed by atoms with Crippen molar-refractivity contribution in [2.75, 3.05) is 0 Å². The smallest absolute Gasteiger partial charge is 0.198 e. The first-order chi connectivity index (χ1) is 33.9. The Bertz CT molecular complexity index is 5090. The second-order valence-corrected chi connectivity index (χ2v) is 26.0. The molecule has 0 atom stereocenters. The van der Waals surface area contributed by atoms with E-state index in [2.05, 4.69) is 147 Å². The maximum Gasteiger partial charge on any atom is 0.198 e. The lowest BCUT2D eigenvalue weighted by molar-refractivity contribution is 0.654. The molecule has 4 aromatic carbocycles. The molecular weight excluding hydrogens is 985 g/mol. The van der Waals surface area contributed by atoms with Crippen LogP contribution in [0.5, 0.6) is 0 Å². The number of aryl methyl sites for hydroxylation is 8. The standard InChI is InChI=1S/C30H20N2O3S.C26H16N2OS5/c1-13-5-7-15-19(9-13)31(3)23-25(15)34-27-17-12-22-18(11-21(17)33-29(23)27)28-30(36-22)24-26(35-28)16-8-6-14(2)10-20(16)32(24)4;1-9-5-15-22(30-9)19-24(33-15)21-17(27(19)3)11-8-14-12(7-13(11)29-21)18-25(32-14)26-20(28(18)4)23-16(34-26)6-10(2)31-23/h5-12H,1-4H3;5-8H,1-4H3. The van der Waals surface area contributed by atoms with Crippen molar-refractivity contribution in [1.29, 1.82) is 0 Å². The molecule has 14 heterocycles. The molecule has 0 aliphatic rings. The summed E-state index contributed by atoms with van der Waals surface area (Å²) in [7, 11) is 8.62. The molecule has 0 aliphatic heterocycles. The van der Waals surface area contributed by atoms with Crippen LogP contribution < -0.4 is 0 Å². The zero-order valence-corrected chi connectivity index (χ0v) is 43.7. The third-order valence-corrected chi connectivity index (χ3v) is 22.1. The molecule has 0 saturated heterocycles. The maximum atomic E-state index is 6.61. The SMILES string of the molecule is Cc1cc2sc3c4oc5cc6c(cc5c4n(C)c3c2s1)sc1c2sc3cc(C)sc3c2n(C)c61.Cc1ccc2c3oc4c5cc6sc7c(oc8c9ccc(C)cc9n(C)c87)c6cc5oc4c3n(C)c2c1. The minimum absolute atomic E-state index is 0.802. The molecule has 70 heavy (non-hydrogen) atoms. The van der Waals surface area contributed by atoms with Gasteiger partial charge in [0.05, 0.1) is 66.7 Å². The summed E-state index contributed by atoms with van der Waals surface area (Å²) in [5, 5.41) is 6.87. The van der Waals surface area contributed by atoms with Gasteiger partial charge in [0, 0.05) is 83.7 Å². The summed E-state index contributed by atoms with van der Waals surface area (Å²) in [5.74, 6) is 0. The Labute approximate surface area is 418 Å². The number of furan rings is 4. The number of hydrogen-bond donors (Lipinski definition) is 0. The highest BCUT2D eigenvalue weighted by atomic mass is 32.1. The minimum Gasteiger partial charge on any atom is -0.453 e. The van der Waals surface area contributed by atoms with E-state index in [1.807, 2.05) is 56.7 Å². The Morgan fingerprint density at radius 2 is 0.829 bits per heavy atom. The molecular formula is C56H36N4O4S6. The summed E-state index contributed by atoms with van der Waals surface area (Å²) < 4.78 is 48.7. The van der Waals surface area contributed by atoms with Gasteiger partial charge >= 0.3 is 0 Å². The van der Waals surface area contributed by atoms with Gasteiger partial charge in [-0.3, -0.25) is 0 Å². The number of benzene rings is 4. The van der Waals surface area contributed by atoms with E-state index in [0.29, 0.717) is 0 Å². The van der Waals surface area contributed by atoms with Crippen LogP contribution in [0.4, 0.5) is 0 Å². The second kappa shape index (κ2) is 12.9. The topological polar surface area (TPSA) is 72.3 Å². The van der Waals surface area contributed by atoms with Crippen molar-refractivity contribution in [3.63, 3.8) is 0 Å². The van der Waals surface area contributed by atoms with Crippen LogP contribution in [0, 0.1) is 27.7 Å². The molecule has 0 fully saturated rings. The van der Waals surface area contributed by atoms with Gasteiger partial charge < -0.3 is 35.9 Å². The van der Waals surface area contributed by atoms with Gasteiger partial charge in [-0.15, -0.1) is 68.0 Å². The molecule has 0 unspecified atom stereocenters. The number of rotatable bonds is 0. The molecule has 0 N–H and O–H groups in total. The van der Waals surface area contributed by atoms with Crippen molar-refractivity contribution in [1.82, 2.24) is 18.3 Å². The largest absolute Gasteiger partial charge is 0.453 e. The summed E-state index contributed by atoms with van der Waals surface area (Å²) in [4.78, 5) is 2.75. The van der Waals surface area contributed by atoms with E-state index in [9.17, 15) is 0 Å². The summed E-state index contributed by atoms with van der Waals surface area (Å²) in [6, 6.07) is 26.6. The summed E-state index contributed by atoms with van der Waals surface area (Å²) in [6.45, 7) is 8.64. The summed E-state index contributed by atoms with van der Waals surface area (Å²) in [6.07, 6.45) is 0. The van der Waals surface area contributed by atoms with Gasteiger partial charge in [0.1, 0.15) is 22.2 Å². The highest BCUT2D eigenvalue weighted by Gasteiger charge is 2.28. The number of hydrogen-bond acceptors (Lipinski definition) is 10. The highest BCUT2D eigenvalue weighted by molar-refractivity contribution is 7.37. The first kappa shape index (κ1) is 39.2. The minimum atomic E-state index is 0.802. The Morgan fingerprint density at radius 3 is 1.56 bits per heavy atom. The van der Waals surface area contributed by atoms with Crippen molar-refractivity contribution < 1.29 is 17.7 Å². The summed E-state index contributed by atoms with van der Waals surface area (Å²) in [5.41, 5.74) is 19.5. The van der Waals surface area contributed by atoms with Crippen LogP contribution in [0.25, 0.3) is 168 Å². The van der Waals surface area contributed by atoms with Crippen LogP contribution in [-0.4, -0.2) is 18.3 Å². The van der Waals surface area contributed by atoms with Crippen molar-refractivity contribution in [2.45, 2.75) is 27.7 Å². The zero-order chi connectivity index (χ0) is 46.7. The average Bonchev–Trinajstić information content (AvgIpc) is 4.17. The molecule has 18 aromatic rings. The fourth-order valence-corrected chi connectivity index (χ4v) is 19.7. The van der Waals surface area contributed by atoms with E-state index >= 15 is 0 Å². The third-order valence-electron chi connectivity index (χ3n) is 15.0. The lowest BCUT2D eigenvalue weighted by Crippen LogP contribution is -1.86. The molecule has 0 amide bonds. The molecule has 14 heteroatoms. The van der Waals surface area contributed by atoms with Crippen LogP contribution in [0.2, 0.25) is 0 Å². The maximum absolute atomic E-state index is 6.61. The van der Waals surface area contributed by atoms with Crippen LogP contribution in [-0.2, 0) is 28.2 Å². The van der Waals surface area contributed by atoms with Crippen LogP contribution in [0.3, 0.4) is 0 Å². The van der Waals surface area contributed by atoms with Crippen molar-refractivity contribution in [2.24, 2.45) is 28.2 Å². The van der Waals surface area contributed by atoms with Gasteiger partial charge in [-0.25, -0.2) is 0 Å². The number of aromatic nitrogens is 4. The summed E-state index contributed by atoms with van der Waals surface area (Å²) >= 11 is 11.3. The Hall–Kier alpha value is -6.52. The highest BCUT2D eigenvalue weighted by Crippen LogP contribution is 2.52. The van der Waals surface area contributed by atoms with Crippen molar-refractivity contribution in [3.05, 3.63) is 93.7 Å². The Balaban J connectivity index is 0.000000118. The molecule has 18 rings (SSSR count). The Kier molecular flexibility index (Phi) is 7.21. The predicted octanol–water partition coefficient (Wildman–Crippen LogP) is 19.2. The first-order valence-electron chi connectivity index (χ1n) is 23.1. The van der Waals surface area contributed by atoms with Gasteiger partial charge in [0.15, 0.2) is 33.5 Å². The quantitative estimate of drug-likeness (QED) is 0.152. The van der Waals surface area contributed by atoms with Crippen molar-refractivity contribution in [3.8, 4) is 0 Å². The molecule has 0 bridgehead atoms. The molecule has 0 saturated carbocycles. The molecule has 0 aliphatic carbocycles. The average molecular weight is 1020 g/mol. The Morgan fingerprint density at radius 1 is 0.314 bits per heavy atom. The fourth-order valence-electron chi connectivity index (χ4n) is 11.9. The van der Waals surface area contributed by atoms with Crippen molar-refractivity contribution >= 4 is 236 Å². The first-order valence-corrected chi connectivity index (χ1v) is 28.0. The monoisotopic (exact) mass is 1020 g/mol. The van der Waals surface area contributed by atoms with Crippen LogP contribution in [0.15, 0.2) is 90.5 Å². The van der Waals surface area contributed by atoms with E-state index in [0.717, 1.165) is 82.8 Å². The van der Waals surface area contributed by atoms with E-state index in [1.54, 1.807) is 11.3 Å². The normalized spacial score (nSPS) is 13.1. The lowest BCUT2D eigenvalue weighted by atomic mass is 10.2. The van der Waals surface area contributed by atoms with Gasteiger partial charge in [-0.05, 0) is 99.5 Å². The van der Waals surface area contributed by atoms with Gasteiger partial charge in [-0.2, -0.15) is 0 Å². The van der Waals surface area contributed by atoms with E-state index < -0.39 is 0 Å². The van der Waals surface area contributed by atoms with E-state index in [-0.39, 0.29) is 0 Å². The van der Waals surface area contributed by atoms with Crippen LogP contribution >= 0.6 is 68.0 Å². The van der Waals surface area contributed by atoms with Gasteiger partial charge in [-0.1, -0.05) is 12.1 Å². The predicted molar refractivity (Wildman–Crippen MR) is 304 cm³/mol. The third kappa shape index (κ3) is 4.67.